The number of anilines is 2. The molecule has 1 saturated heterocycles. The molecule has 2 aromatic heterocycles. The van der Waals surface area contributed by atoms with E-state index in [4.69, 9.17) is 9.47 Å². The van der Waals surface area contributed by atoms with Crippen LogP contribution in [-0.4, -0.2) is 64.7 Å². The summed E-state index contributed by atoms with van der Waals surface area (Å²) in [7, 11) is 0. The Morgan fingerprint density at radius 3 is 2.91 bits per heavy atom. The molecule has 0 spiro atoms. The smallest absolute Gasteiger partial charge is 0.234 e. The highest BCUT2D eigenvalue weighted by molar-refractivity contribution is 5.53. The Labute approximate surface area is 134 Å². The second kappa shape index (κ2) is 6.59. The number of rotatable bonds is 7. The Bertz CT molecular complexity index is 629. The average Bonchev–Trinajstić information content (AvgIpc) is 3.17. The minimum Gasteiger partial charge on any atom is -0.475 e. The number of nitrogens with zero attached hydrogens (tertiary/aromatic N) is 3. The number of morpholine rings is 1. The third kappa shape index (κ3) is 3.83. The van der Waals surface area contributed by atoms with Gasteiger partial charge < -0.3 is 14.8 Å². The van der Waals surface area contributed by atoms with Gasteiger partial charge in [0, 0.05) is 43.4 Å². The van der Waals surface area contributed by atoms with E-state index in [2.05, 4.69) is 36.7 Å². The van der Waals surface area contributed by atoms with Crippen LogP contribution in [0.1, 0.15) is 24.5 Å². The molecule has 2 fully saturated rings. The van der Waals surface area contributed by atoms with Crippen molar-refractivity contribution in [3.8, 4) is 5.88 Å². The molecule has 0 atom stereocenters. The van der Waals surface area contributed by atoms with Gasteiger partial charge in [0.05, 0.1) is 13.2 Å². The maximum absolute atomic E-state index is 5.69. The standard InChI is InChI=1S/C15H22N6O2/c1-2-11(1)12-9-13(18-17-12)16-14-10-15(20-19-14)23-8-5-21-3-6-22-7-4-21/h9-11H,1-8H2,(H3,16,17,18,19,20). The van der Waals surface area contributed by atoms with Crippen molar-refractivity contribution in [3.63, 3.8) is 0 Å². The lowest BCUT2D eigenvalue weighted by atomic mass is 10.3. The summed E-state index contributed by atoms with van der Waals surface area (Å²) < 4.78 is 11.0. The number of nitrogens with one attached hydrogen (secondary N) is 3. The van der Waals surface area contributed by atoms with E-state index in [1.165, 1.54) is 18.5 Å². The largest absolute Gasteiger partial charge is 0.475 e. The number of hydrogen-bond donors (Lipinski definition) is 3. The molecule has 3 N–H and O–H groups in total. The maximum Gasteiger partial charge on any atom is 0.234 e. The second-order valence-corrected chi connectivity index (χ2v) is 6.03. The van der Waals surface area contributed by atoms with E-state index in [-0.39, 0.29) is 0 Å². The molecule has 0 bridgehead atoms. The monoisotopic (exact) mass is 318 g/mol. The van der Waals surface area contributed by atoms with E-state index < -0.39 is 0 Å². The molecule has 23 heavy (non-hydrogen) atoms. The van der Waals surface area contributed by atoms with E-state index in [0.717, 1.165) is 44.5 Å². The van der Waals surface area contributed by atoms with Crippen molar-refractivity contribution in [2.45, 2.75) is 18.8 Å². The zero-order valence-corrected chi connectivity index (χ0v) is 13.0. The van der Waals surface area contributed by atoms with Crippen molar-refractivity contribution in [2.75, 3.05) is 44.8 Å². The van der Waals surface area contributed by atoms with Gasteiger partial charge in [-0.25, -0.2) is 0 Å². The van der Waals surface area contributed by atoms with Crippen molar-refractivity contribution < 1.29 is 9.47 Å². The summed E-state index contributed by atoms with van der Waals surface area (Å²) in [5.74, 6) is 2.84. The van der Waals surface area contributed by atoms with E-state index in [9.17, 15) is 0 Å². The molecule has 2 aliphatic rings. The molecule has 0 unspecified atom stereocenters. The van der Waals surface area contributed by atoms with E-state index in [1.807, 2.05) is 6.07 Å². The first kappa shape index (κ1) is 14.5. The molecule has 0 amide bonds. The van der Waals surface area contributed by atoms with Crippen molar-refractivity contribution >= 4 is 11.6 Å². The van der Waals surface area contributed by atoms with Gasteiger partial charge in [-0.2, -0.15) is 5.10 Å². The fourth-order valence-electron chi connectivity index (χ4n) is 2.69. The Kier molecular flexibility index (Phi) is 4.16. The Balaban J connectivity index is 1.24. The molecule has 1 aliphatic heterocycles. The van der Waals surface area contributed by atoms with Crippen molar-refractivity contribution in [1.29, 1.82) is 0 Å². The quantitative estimate of drug-likeness (QED) is 0.716. The van der Waals surface area contributed by atoms with Gasteiger partial charge in [0.15, 0.2) is 5.82 Å². The number of ether oxygens (including phenoxy) is 2. The molecule has 0 radical (unpaired) electrons. The number of H-pyrrole nitrogens is 2. The lowest BCUT2D eigenvalue weighted by Crippen LogP contribution is -2.38. The summed E-state index contributed by atoms with van der Waals surface area (Å²) in [5, 5.41) is 17.6. The Morgan fingerprint density at radius 2 is 2.09 bits per heavy atom. The normalized spacial score (nSPS) is 19.0. The van der Waals surface area contributed by atoms with Crippen LogP contribution < -0.4 is 10.1 Å². The second-order valence-electron chi connectivity index (χ2n) is 6.03. The van der Waals surface area contributed by atoms with Crippen LogP contribution in [0, 0.1) is 0 Å². The van der Waals surface area contributed by atoms with Crippen LogP contribution in [0.4, 0.5) is 11.6 Å². The van der Waals surface area contributed by atoms with Gasteiger partial charge in [0.25, 0.3) is 0 Å². The highest BCUT2D eigenvalue weighted by atomic mass is 16.5. The molecule has 8 heteroatoms. The van der Waals surface area contributed by atoms with Crippen LogP contribution in [0.5, 0.6) is 5.88 Å². The summed E-state index contributed by atoms with van der Waals surface area (Å²) in [4.78, 5) is 2.33. The Morgan fingerprint density at radius 1 is 1.22 bits per heavy atom. The maximum atomic E-state index is 5.69. The van der Waals surface area contributed by atoms with Crippen LogP contribution in [0.2, 0.25) is 0 Å². The molecular weight excluding hydrogens is 296 g/mol. The lowest BCUT2D eigenvalue weighted by Gasteiger charge is -2.26. The molecule has 124 valence electrons. The summed E-state index contributed by atoms with van der Waals surface area (Å²) in [5.41, 5.74) is 1.20. The van der Waals surface area contributed by atoms with E-state index in [1.54, 1.807) is 0 Å². The van der Waals surface area contributed by atoms with Crippen LogP contribution in [0.15, 0.2) is 12.1 Å². The van der Waals surface area contributed by atoms with Crippen molar-refractivity contribution in [1.82, 2.24) is 25.3 Å². The minimum absolute atomic E-state index is 0.596. The van der Waals surface area contributed by atoms with Crippen LogP contribution in [-0.2, 0) is 4.74 Å². The van der Waals surface area contributed by atoms with Gasteiger partial charge in [-0.15, -0.1) is 5.10 Å². The minimum atomic E-state index is 0.596. The first-order chi connectivity index (χ1) is 11.4. The predicted octanol–water partition coefficient (Wildman–Crippen LogP) is 1.46. The molecule has 8 nitrogen and oxygen atoms in total. The van der Waals surface area contributed by atoms with Crippen molar-refractivity contribution in [2.24, 2.45) is 0 Å². The average molecular weight is 318 g/mol. The van der Waals surface area contributed by atoms with Gasteiger partial charge in [-0.05, 0) is 12.8 Å². The molecule has 1 saturated carbocycles. The lowest BCUT2D eigenvalue weighted by molar-refractivity contribution is 0.0320. The van der Waals surface area contributed by atoms with Gasteiger partial charge in [0.1, 0.15) is 12.4 Å². The highest BCUT2D eigenvalue weighted by Gasteiger charge is 2.25. The molecule has 2 aromatic rings. The van der Waals surface area contributed by atoms with Crippen molar-refractivity contribution in [3.05, 3.63) is 17.8 Å². The number of aromatic nitrogens is 4. The van der Waals surface area contributed by atoms with E-state index in [0.29, 0.717) is 18.4 Å². The third-order valence-corrected chi connectivity index (χ3v) is 4.19. The molecule has 1 aliphatic carbocycles. The molecular formula is C15H22N6O2. The zero-order valence-electron chi connectivity index (χ0n) is 13.0. The zero-order chi connectivity index (χ0) is 15.5. The van der Waals surface area contributed by atoms with Gasteiger partial charge in [-0.3, -0.25) is 15.1 Å². The fourth-order valence-corrected chi connectivity index (χ4v) is 2.69. The van der Waals surface area contributed by atoms with Gasteiger partial charge >= 0.3 is 0 Å². The summed E-state index contributed by atoms with van der Waals surface area (Å²) in [6, 6.07) is 3.91. The van der Waals surface area contributed by atoms with Gasteiger partial charge in [0.2, 0.25) is 5.88 Å². The first-order valence-corrected chi connectivity index (χ1v) is 8.17. The summed E-state index contributed by atoms with van der Waals surface area (Å²) in [6.45, 7) is 5.08. The van der Waals surface area contributed by atoms with Gasteiger partial charge in [-0.1, -0.05) is 0 Å². The SMILES string of the molecule is c1c(OCCN2CCOCC2)n[nH]c1Nc1cc(C2CC2)[nH]n1. The summed E-state index contributed by atoms with van der Waals surface area (Å²) in [6.07, 6.45) is 2.51. The highest BCUT2D eigenvalue weighted by Crippen LogP contribution is 2.39. The molecule has 4 rings (SSSR count). The van der Waals surface area contributed by atoms with E-state index >= 15 is 0 Å². The predicted molar refractivity (Wildman–Crippen MR) is 85.2 cm³/mol. The van der Waals surface area contributed by atoms with Crippen LogP contribution >= 0.6 is 0 Å². The molecule has 0 aromatic carbocycles. The topological polar surface area (TPSA) is 91.1 Å². The summed E-state index contributed by atoms with van der Waals surface area (Å²) >= 11 is 0. The number of hydrogen-bond acceptors (Lipinski definition) is 6. The Hall–Kier alpha value is -2.06. The third-order valence-electron chi connectivity index (χ3n) is 4.19. The molecule has 3 heterocycles. The van der Waals surface area contributed by atoms with Crippen LogP contribution in [0.25, 0.3) is 0 Å². The fraction of sp³-hybridized carbons (Fsp3) is 0.600. The van der Waals surface area contributed by atoms with Crippen LogP contribution in [0.3, 0.4) is 0 Å². The number of aromatic amines is 2. The first-order valence-electron chi connectivity index (χ1n) is 8.17.